The summed E-state index contributed by atoms with van der Waals surface area (Å²) in [6, 6.07) is 0. The van der Waals surface area contributed by atoms with E-state index in [1.165, 1.54) is 13.2 Å². The van der Waals surface area contributed by atoms with E-state index in [-0.39, 0.29) is 23.7 Å². The maximum atomic E-state index is 12.9. The third-order valence-electron chi connectivity index (χ3n) is 4.34. The van der Waals surface area contributed by atoms with E-state index in [0.717, 1.165) is 15.2 Å². The summed E-state index contributed by atoms with van der Waals surface area (Å²) >= 11 is 0. The average Bonchev–Trinajstić information content (AvgIpc) is 3.09. The molecule has 13 nitrogen and oxygen atoms in total. The molecule has 1 aliphatic rings. The van der Waals surface area contributed by atoms with Crippen molar-refractivity contribution in [2.75, 3.05) is 19.5 Å². The standard InChI is InChI=1S/C15H19N5O8/c1-27-7(22)3-2-4-19-8-11(17-14(16)18-12(8)25)20(15(19)26)13-10(24)9(23)6(5-21)28-13/h2-3,6,9-10,13,21,23-24H,4-5H2,1H3,(H3,16,17,18,25)/b3-2+/t6-,9-,10+,13+/m0/s1. The molecular formula is C15H19N5O8. The van der Waals surface area contributed by atoms with Crippen molar-refractivity contribution < 1.29 is 29.6 Å². The van der Waals surface area contributed by atoms with Gasteiger partial charge in [0.05, 0.1) is 13.7 Å². The minimum atomic E-state index is -1.57. The Kier molecular flexibility index (Phi) is 5.33. The van der Waals surface area contributed by atoms with Crippen LogP contribution in [0.1, 0.15) is 6.23 Å². The van der Waals surface area contributed by atoms with Gasteiger partial charge in [0.25, 0.3) is 5.56 Å². The molecule has 1 aliphatic heterocycles. The number of carbonyl (C=O) groups is 1. The van der Waals surface area contributed by atoms with Gasteiger partial charge in [-0.25, -0.2) is 14.2 Å². The van der Waals surface area contributed by atoms with Crippen molar-refractivity contribution in [2.24, 2.45) is 0 Å². The number of aliphatic hydroxyl groups excluding tert-OH is 3. The number of imidazole rings is 1. The van der Waals surface area contributed by atoms with Crippen LogP contribution in [0.5, 0.6) is 0 Å². The van der Waals surface area contributed by atoms with Crippen molar-refractivity contribution in [3.8, 4) is 0 Å². The molecule has 0 saturated carbocycles. The number of fused-ring (bicyclic) bond motifs is 1. The Morgan fingerprint density at radius 3 is 2.71 bits per heavy atom. The molecule has 4 atom stereocenters. The number of nitrogens with zero attached hydrogens (tertiary/aromatic N) is 3. The summed E-state index contributed by atoms with van der Waals surface area (Å²) in [7, 11) is 1.18. The first-order valence-electron chi connectivity index (χ1n) is 8.17. The maximum absolute atomic E-state index is 12.9. The Labute approximate surface area is 156 Å². The molecule has 0 aromatic carbocycles. The van der Waals surface area contributed by atoms with E-state index < -0.39 is 48.4 Å². The lowest BCUT2D eigenvalue weighted by Gasteiger charge is -2.15. The Balaban J connectivity index is 2.17. The number of nitrogen functional groups attached to an aromatic ring is 1. The number of hydrogen-bond donors (Lipinski definition) is 5. The van der Waals surface area contributed by atoms with Gasteiger partial charge in [0.15, 0.2) is 17.4 Å². The second kappa shape index (κ2) is 7.55. The predicted octanol–water partition coefficient (Wildman–Crippen LogP) is -3.19. The monoisotopic (exact) mass is 397 g/mol. The summed E-state index contributed by atoms with van der Waals surface area (Å²) in [6.45, 7) is -0.791. The number of aromatic nitrogens is 4. The summed E-state index contributed by atoms with van der Waals surface area (Å²) in [6.07, 6.45) is -3.21. The number of carbonyl (C=O) groups excluding carboxylic acids is 1. The van der Waals surface area contributed by atoms with Gasteiger partial charge in [0, 0.05) is 12.6 Å². The summed E-state index contributed by atoms with van der Waals surface area (Å²) in [5.74, 6) is -0.934. The molecule has 0 unspecified atom stereocenters. The third kappa shape index (κ3) is 3.20. The molecule has 2 aromatic heterocycles. The number of aromatic amines is 1. The van der Waals surface area contributed by atoms with Gasteiger partial charge in [0.2, 0.25) is 5.95 Å². The molecule has 1 fully saturated rings. The zero-order valence-electron chi connectivity index (χ0n) is 14.7. The second-order valence-electron chi connectivity index (χ2n) is 6.04. The van der Waals surface area contributed by atoms with Crippen LogP contribution in [-0.4, -0.2) is 72.4 Å². The van der Waals surface area contributed by atoms with E-state index in [1.54, 1.807) is 0 Å². The molecule has 3 heterocycles. The summed E-state index contributed by atoms with van der Waals surface area (Å²) < 4.78 is 11.7. The van der Waals surface area contributed by atoms with Gasteiger partial charge in [-0.2, -0.15) is 4.98 Å². The number of ether oxygens (including phenoxy) is 2. The topological polar surface area (TPSA) is 195 Å². The van der Waals surface area contributed by atoms with Crippen molar-refractivity contribution >= 4 is 23.1 Å². The number of nitrogens with one attached hydrogen (secondary N) is 1. The van der Waals surface area contributed by atoms with Crippen LogP contribution < -0.4 is 17.0 Å². The highest BCUT2D eigenvalue weighted by Crippen LogP contribution is 2.30. The Bertz CT molecular complexity index is 1040. The normalized spacial score (nSPS) is 25.0. The van der Waals surface area contributed by atoms with Crippen molar-refractivity contribution in [1.29, 1.82) is 0 Å². The zero-order valence-corrected chi connectivity index (χ0v) is 14.7. The third-order valence-corrected chi connectivity index (χ3v) is 4.34. The minimum Gasteiger partial charge on any atom is -0.466 e. The van der Waals surface area contributed by atoms with Gasteiger partial charge >= 0.3 is 11.7 Å². The van der Waals surface area contributed by atoms with Gasteiger partial charge in [-0.15, -0.1) is 0 Å². The number of allylic oxidation sites excluding steroid dienone is 1. The van der Waals surface area contributed by atoms with E-state index in [2.05, 4.69) is 14.7 Å². The largest absolute Gasteiger partial charge is 0.466 e. The van der Waals surface area contributed by atoms with Gasteiger partial charge in [-0.3, -0.25) is 14.3 Å². The highest BCUT2D eigenvalue weighted by Gasteiger charge is 2.45. The first-order valence-corrected chi connectivity index (χ1v) is 8.17. The van der Waals surface area contributed by atoms with Crippen LogP contribution in [0.25, 0.3) is 11.2 Å². The molecule has 1 saturated heterocycles. The smallest absolute Gasteiger partial charge is 0.333 e. The zero-order chi connectivity index (χ0) is 20.6. The van der Waals surface area contributed by atoms with E-state index in [1.807, 2.05) is 0 Å². The number of rotatable bonds is 5. The molecule has 0 amide bonds. The first kappa shape index (κ1) is 19.8. The number of aliphatic hydroxyl groups is 3. The molecule has 152 valence electrons. The highest BCUT2D eigenvalue weighted by molar-refractivity contribution is 5.81. The lowest BCUT2D eigenvalue weighted by atomic mass is 10.1. The number of methoxy groups -OCH3 is 1. The van der Waals surface area contributed by atoms with Crippen molar-refractivity contribution in [2.45, 2.75) is 31.1 Å². The summed E-state index contributed by atoms with van der Waals surface area (Å²) in [5.41, 5.74) is 3.68. The van der Waals surface area contributed by atoms with Crippen LogP contribution in [0.15, 0.2) is 21.7 Å². The Morgan fingerprint density at radius 2 is 2.11 bits per heavy atom. The van der Waals surface area contributed by atoms with Crippen molar-refractivity contribution in [1.82, 2.24) is 19.1 Å². The van der Waals surface area contributed by atoms with E-state index in [4.69, 9.17) is 10.5 Å². The molecule has 6 N–H and O–H groups in total. The summed E-state index contributed by atoms with van der Waals surface area (Å²) in [5, 5.41) is 29.5. The van der Waals surface area contributed by atoms with Crippen LogP contribution >= 0.6 is 0 Å². The number of hydrogen-bond acceptors (Lipinski definition) is 10. The molecule has 3 rings (SSSR count). The molecule has 0 radical (unpaired) electrons. The van der Waals surface area contributed by atoms with Crippen LogP contribution in [0, 0.1) is 0 Å². The van der Waals surface area contributed by atoms with Crippen molar-refractivity contribution in [3.05, 3.63) is 33.0 Å². The van der Waals surface area contributed by atoms with Gasteiger partial charge in [0.1, 0.15) is 18.3 Å². The Morgan fingerprint density at radius 1 is 1.39 bits per heavy atom. The SMILES string of the molecule is COC(=O)/C=C/Cn1c(=O)n([C@@H]2O[C@@H](CO)[C@H](O)[C@H]2O)c2nc(N)[nH]c(=O)c21. The van der Waals surface area contributed by atoms with Gasteiger partial charge in [-0.1, -0.05) is 6.08 Å². The fourth-order valence-electron chi connectivity index (χ4n) is 3.01. The highest BCUT2D eigenvalue weighted by atomic mass is 16.6. The van der Waals surface area contributed by atoms with Crippen LogP contribution in [0.4, 0.5) is 5.95 Å². The first-order chi connectivity index (χ1) is 13.3. The molecule has 2 aromatic rings. The van der Waals surface area contributed by atoms with Gasteiger partial charge < -0.3 is 30.5 Å². The molecule has 0 bridgehead atoms. The van der Waals surface area contributed by atoms with E-state index in [9.17, 15) is 29.7 Å². The Hall–Kier alpha value is -3.00. The predicted molar refractivity (Wildman–Crippen MR) is 93.2 cm³/mol. The quantitative estimate of drug-likeness (QED) is 0.253. The van der Waals surface area contributed by atoms with Crippen LogP contribution in [-0.2, 0) is 20.8 Å². The lowest BCUT2D eigenvalue weighted by molar-refractivity contribution is -0.134. The van der Waals surface area contributed by atoms with Crippen LogP contribution in [0.2, 0.25) is 0 Å². The fraction of sp³-hybridized carbons (Fsp3) is 0.467. The summed E-state index contributed by atoms with van der Waals surface area (Å²) in [4.78, 5) is 42.7. The average molecular weight is 397 g/mol. The maximum Gasteiger partial charge on any atom is 0.333 e. The molecule has 0 aliphatic carbocycles. The van der Waals surface area contributed by atoms with E-state index in [0.29, 0.717) is 0 Å². The number of nitrogens with two attached hydrogens (primary N) is 1. The number of H-pyrrole nitrogens is 1. The fourth-order valence-corrected chi connectivity index (χ4v) is 3.01. The van der Waals surface area contributed by atoms with Gasteiger partial charge in [-0.05, 0) is 0 Å². The van der Waals surface area contributed by atoms with Crippen molar-refractivity contribution in [3.63, 3.8) is 0 Å². The van der Waals surface area contributed by atoms with Crippen LogP contribution in [0.3, 0.4) is 0 Å². The second-order valence-corrected chi connectivity index (χ2v) is 6.04. The molecule has 0 spiro atoms. The van der Waals surface area contributed by atoms with E-state index >= 15 is 0 Å². The molecular weight excluding hydrogens is 378 g/mol. The molecule has 28 heavy (non-hydrogen) atoms. The molecule has 13 heteroatoms. The lowest BCUT2D eigenvalue weighted by Crippen LogP contribution is -2.36. The minimum absolute atomic E-state index is 0.175. The number of esters is 1. The number of anilines is 1.